The van der Waals surface area contributed by atoms with E-state index in [1.807, 2.05) is 27.7 Å². The molecule has 0 saturated heterocycles. The summed E-state index contributed by atoms with van der Waals surface area (Å²) in [7, 11) is 0.764. The van der Waals surface area contributed by atoms with Crippen LogP contribution in [0.3, 0.4) is 0 Å². The van der Waals surface area contributed by atoms with E-state index < -0.39 is 10.8 Å². The van der Waals surface area contributed by atoms with Crippen LogP contribution in [0.15, 0.2) is 29.3 Å². The Bertz CT molecular complexity index is 588. The van der Waals surface area contributed by atoms with E-state index in [0.29, 0.717) is 24.8 Å². The molecule has 25 heavy (non-hydrogen) atoms. The van der Waals surface area contributed by atoms with Gasteiger partial charge in [-0.05, 0) is 39.3 Å². The number of hydrogen-bond acceptors (Lipinski definition) is 3. The van der Waals surface area contributed by atoms with E-state index in [9.17, 15) is 8.60 Å². The molecule has 0 aromatic heterocycles. The molecule has 1 rings (SSSR count). The maximum atomic E-state index is 13.7. The lowest BCUT2D eigenvalue weighted by atomic mass is 10.2. The monoisotopic (exact) mass is 371 g/mol. The first-order valence-electron chi connectivity index (χ1n) is 8.52. The zero-order valence-electron chi connectivity index (χ0n) is 15.8. The fraction of sp³-hybridized carbons (Fsp3) is 0.611. The van der Waals surface area contributed by atoms with E-state index in [2.05, 4.69) is 15.6 Å². The van der Waals surface area contributed by atoms with Crippen LogP contribution < -0.4 is 15.4 Å². The van der Waals surface area contributed by atoms with Gasteiger partial charge >= 0.3 is 0 Å². The SMILES string of the molecule is CCC(CNC(=NC)NCCS(=O)C(C)(C)C)Oc1ccccc1F. The minimum absolute atomic E-state index is 0.181. The third kappa shape index (κ3) is 7.86. The molecule has 2 N–H and O–H groups in total. The van der Waals surface area contributed by atoms with E-state index in [0.717, 1.165) is 6.42 Å². The topological polar surface area (TPSA) is 62.7 Å². The Balaban J connectivity index is 2.44. The fourth-order valence-corrected chi connectivity index (χ4v) is 2.89. The third-order valence-corrected chi connectivity index (χ3v) is 5.51. The lowest BCUT2D eigenvalue weighted by Crippen LogP contribution is -2.44. The lowest BCUT2D eigenvalue weighted by Gasteiger charge is -2.21. The molecule has 0 heterocycles. The van der Waals surface area contributed by atoms with Gasteiger partial charge in [0.05, 0.1) is 6.54 Å². The summed E-state index contributed by atoms with van der Waals surface area (Å²) in [5.74, 6) is 1.04. The average molecular weight is 372 g/mol. The molecule has 0 aliphatic carbocycles. The Morgan fingerprint density at radius 1 is 1.32 bits per heavy atom. The van der Waals surface area contributed by atoms with E-state index in [4.69, 9.17) is 4.74 Å². The summed E-state index contributed by atoms with van der Waals surface area (Å²) in [6.07, 6.45) is 0.547. The molecule has 0 amide bonds. The van der Waals surface area contributed by atoms with E-state index in [1.54, 1.807) is 25.2 Å². The van der Waals surface area contributed by atoms with Crippen molar-refractivity contribution in [2.24, 2.45) is 4.99 Å². The molecule has 0 radical (unpaired) electrons. The van der Waals surface area contributed by atoms with Gasteiger partial charge in [-0.3, -0.25) is 9.20 Å². The molecule has 2 atom stereocenters. The van der Waals surface area contributed by atoms with Crippen molar-refractivity contribution in [3.63, 3.8) is 0 Å². The van der Waals surface area contributed by atoms with Gasteiger partial charge < -0.3 is 15.4 Å². The quantitative estimate of drug-likeness (QED) is 0.545. The predicted octanol–water partition coefficient (Wildman–Crippen LogP) is 2.70. The smallest absolute Gasteiger partial charge is 0.191 e. The number of ether oxygens (including phenoxy) is 1. The van der Waals surface area contributed by atoms with Crippen molar-refractivity contribution in [1.82, 2.24) is 10.6 Å². The van der Waals surface area contributed by atoms with E-state index in [-0.39, 0.29) is 22.4 Å². The molecule has 0 fully saturated rings. The largest absolute Gasteiger partial charge is 0.486 e. The summed E-state index contributed by atoms with van der Waals surface area (Å²) in [4.78, 5) is 4.14. The molecular formula is C18H30FN3O2S. The highest BCUT2D eigenvalue weighted by molar-refractivity contribution is 7.86. The Labute approximate surface area is 152 Å². The van der Waals surface area contributed by atoms with Gasteiger partial charge in [-0.1, -0.05) is 19.1 Å². The molecule has 0 spiro atoms. The molecule has 2 unspecified atom stereocenters. The number of guanidine groups is 1. The zero-order chi connectivity index (χ0) is 18.9. The van der Waals surface area contributed by atoms with Crippen LogP contribution in [-0.4, -0.2) is 46.9 Å². The highest BCUT2D eigenvalue weighted by Crippen LogP contribution is 2.17. The summed E-state index contributed by atoms with van der Waals surface area (Å²) in [5.41, 5.74) is 0. The zero-order valence-corrected chi connectivity index (χ0v) is 16.6. The van der Waals surface area contributed by atoms with Crippen molar-refractivity contribution in [1.29, 1.82) is 0 Å². The van der Waals surface area contributed by atoms with Gasteiger partial charge in [-0.25, -0.2) is 4.39 Å². The van der Waals surface area contributed by atoms with E-state index >= 15 is 0 Å². The van der Waals surface area contributed by atoms with Crippen LogP contribution in [0.1, 0.15) is 34.1 Å². The number of halogens is 1. The summed E-state index contributed by atoms with van der Waals surface area (Å²) >= 11 is 0. The first-order chi connectivity index (χ1) is 11.8. The van der Waals surface area contributed by atoms with Gasteiger partial charge in [0.25, 0.3) is 0 Å². The number of aliphatic imine (C=N–C) groups is 1. The maximum Gasteiger partial charge on any atom is 0.191 e. The number of rotatable bonds is 8. The second-order valence-electron chi connectivity index (χ2n) is 6.62. The van der Waals surface area contributed by atoms with Crippen molar-refractivity contribution >= 4 is 16.8 Å². The second kappa shape index (κ2) is 10.4. The van der Waals surface area contributed by atoms with E-state index in [1.165, 1.54) is 6.07 Å². The number of para-hydroxylation sites is 1. The first-order valence-corrected chi connectivity index (χ1v) is 9.84. The van der Waals surface area contributed by atoms with Gasteiger partial charge in [0.15, 0.2) is 17.5 Å². The molecule has 142 valence electrons. The standard InChI is InChI=1S/C18H30FN3O2S/c1-6-14(24-16-10-8-7-9-15(16)19)13-22-17(20-5)21-11-12-25(23)18(2,3)4/h7-10,14H,6,11-13H2,1-5H3,(H2,20,21,22). The summed E-state index contributed by atoms with van der Waals surface area (Å²) < 4.78 is 31.2. The molecule has 0 aliphatic heterocycles. The molecule has 0 bridgehead atoms. The van der Waals surface area contributed by atoms with Crippen molar-refractivity contribution in [2.45, 2.75) is 45.0 Å². The minimum Gasteiger partial charge on any atom is -0.486 e. The Hall–Kier alpha value is -1.63. The van der Waals surface area contributed by atoms with Crippen LogP contribution >= 0.6 is 0 Å². The van der Waals surface area contributed by atoms with Crippen LogP contribution in [0.2, 0.25) is 0 Å². The Kier molecular flexibility index (Phi) is 8.89. The van der Waals surface area contributed by atoms with Crippen molar-refractivity contribution < 1.29 is 13.3 Å². The first kappa shape index (κ1) is 21.4. The molecule has 1 aromatic rings. The Morgan fingerprint density at radius 3 is 2.56 bits per heavy atom. The minimum atomic E-state index is -0.911. The second-order valence-corrected chi connectivity index (χ2v) is 8.94. The summed E-state index contributed by atoms with van der Waals surface area (Å²) in [5, 5.41) is 6.31. The molecule has 1 aromatic carbocycles. The number of nitrogens with zero attached hydrogens (tertiary/aromatic N) is 1. The average Bonchev–Trinajstić information content (AvgIpc) is 2.57. The van der Waals surface area contributed by atoms with Gasteiger partial charge in [-0.15, -0.1) is 0 Å². The molecule has 7 heteroatoms. The number of benzene rings is 1. The molecule has 0 aliphatic rings. The molecule has 0 saturated carbocycles. The normalized spacial score (nSPS) is 14.7. The number of hydrogen-bond donors (Lipinski definition) is 2. The number of nitrogens with one attached hydrogen (secondary N) is 2. The van der Waals surface area contributed by atoms with Crippen LogP contribution in [0.5, 0.6) is 5.75 Å². The van der Waals surface area contributed by atoms with Gasteiger partial charge in [0, 0.05) is 34.9 Å². The van der Waals surface area contributed by atoms with Gasteiger partial charge in [0.2, 0.25) is 0 Å². The summed E-state index contributed by atoms with van der Waals surface area (Å²) in [6.45, 7) is 8.92. The Morgan fingerprint density at radius 2 is 2.00 bits per heavy atom. The van der Waals surface area contributed by atoms with Crippen LogP contribution in [0, 0.1) is 5.82 Å². The van der Waals surface area contributed by atoms with Crippen molar-refractivity contribution in [3.8, 4) is 5.75 Å². The highest BCUT2D eigenvalue weighted by atomic mass is 32.2. The molecular weight excluding hydrogens is 341 g/mol. The third-order valence-electron chi connectivity index (χ3n) is 3.57. The maximum absolute atomic E-state index is 13.7. The fourth-order valence-electron chi connectivity index (χ4n) is 1.99. The predicted molar refractivity (Wildman–Crippen MR) is 103 cm³/mol. The highest BCUT2D eigenvalue weighted by Gasteiger charge is 2.18. The van der Waals surface area contributed by atoms with Crippen LogP contribution in [0.25, 0.3) is 0 Å². The lowest BCUT2D eigenvalue weighted by molar-refractivity contribution is 0.191. The summed E-state index contributed by atoms with van der Waals surface area (Å²) in [6, 6.07) is 6.38. The van der Waals surface area contributed by atoms with Crippen LogP contribution in [-0.2, 0) is 10.8 Å². The molecule has 5 nitrogen and oxygen atoms in total. The van der Waals surface area contributed by atoms with Gasteiger partial charge in [-0.2, -0.15) is 0 Å². The van der Waals surface area contributed by atoms with Crippen molar-refractivity contribution in [3.05, 3.63) is 30.1 Å². The van der Waals surface area contributed by atoms with Gasteiger partial charge in [0.1, 0.15) is 6.10 Å². The van der Waals surface area contributed by atoms with Crippen molar-refractivity contribution in [2.75, 3.05) is 25.9 Å². The van der Waals surface area contributed by atoms with Crippen LogP contribution in [0.4, 0.5) is 4.39 Å².